The van der Waals surface area contributed by atoms with Crippen LogP contribution < -0.4 is 15.9 Å². The van der Waals surface area contributed by atoms with Crippen molar-refractivity contribution in [3.63, 3.8) is 0 Å². The van der Waals surface area contributed by atoms with Gasteiger partial charge in [-0.3, -0.25) is 10.1 Å². The van der Waals surface area contributed by atoms with E-state index in [1.807, 2.05) is 18.2 Å². The predicted octanol–water partition coefficient (Wildman–Crippen LogP) is 1.89. The highest BCUT2D eigenvalue weighted by molar-refractivity contribution is 6.09. The number of aliphatic hydroxyl groups excluding tert-OH is 1. The van der Waals surface area contributed by atoms with Gasteiger partial charge in [-0.2, -0.15) is 0 Å². The lowest BCUT2D eigenvalue weighted by Gasteiger charge is -2.08. The van der Waals surface area contributed by atoms with Gasteiger partial charge in [0.1, 0.15) is 6.61 Å². The number of benzene rings is 2. The molecule has 4 N–H and O–H groups in total. The molecule has 0 aliphatic heterocycles. The second-order valence-corrected chi connectivity index (χ2v) is 5.15. The quantitative estimate of drug-likeness (QED) is 0.492. The number of hydrogen-bond donors (Lipinski definition) is 3. The average molecular weight is 357 g/mol. The number of carbonyl (C=O) groups is 2. The number of nitrogens with zero attached hydrogens (tertiary/aromatic N) is 1. The van der Waals surface area contributed by atoms with E-state index in [0.29, 0.717) is 22.7 Å². The van der Waals surface area contributed by atoms with Crippen molar-refractivity contribution in [3.8, 4) is 5.75 Å². The van der Waals surface area contributed by atoms with Crippen LogP contribution in [0.2, 0.25) is 0 Å². The molecule has 136 valence electrons. The number of nitrogens with one attached hydrogen (secondary N) is 1. The van der Waals surface area contributed by atoms with Crippen molar-refractivity contribution in [2.75, 3.05) is 18.5 Å². The fourth-order valence-electron chi connectivity index (χ4n) is 2.01. The molecular formula is C18H19N3O5. The minimum absolute atomic E-state index is 0.0740. The van der Waals surface area contributed by atoms with E-state index in [4.69, 9.17) is 20.4 Å². The first-order chi connectivity index (χ1) is 12.6. The largest absolute Gasteiger partial charge is 0.447 e. The second kappa shape index (κ2) is 9.80. The number of primary amides is 1. The van der Waals surface area contributed by atoms with Crippen LogP contribution in [0.25, 0.3) is 0 Å². The molecule has 0 saturated heterocycles. The van der Waals surface area contributed by atoms with Crippen LogP contribution in [0.15, 0.2) is 59.8 Å². The van der Waals surface area contributed by atoms with E-state index in [-0.39, 0.29) is 19.6 Å². The van der Waals surface area contributed by atoms with Crippen LogP contribution in [0.3, 0.4) is 0 Å². The molecule has 0 spiro atoms. The van der Waals surface area contributed by atoms with E-state index in [2.05, 4.69) is 10.5 Å². The molecule has 8 nitrogen and oxygen atoms in total. The highest BCUT2D eigenvalue weighted by Gasteiger charge is 2.09. The summed E-state index contributed by atoms with van der Waals surface area (Å²) in [6.45, 7) is -0.354. The Kier molecular flexibility index (Phi) is 7.14. The standard InChI is InChI=1S/C18H19N3O5/c19-17(23)12-16(13-5-2-1-3-6-13)21-26-15-8-4-7-14(11-15)20-18(24)25-10-9-22/h1-8,11,22H,9-10,12H2,(H2,19,23)(H,20,24)/b21-16+. The lowest BCUT2D eigenvalue weighted by molar-refractivity contribution is -0.116. The molecule has 2 amide bonds. The number of amides is 2. The fourth-order valence-corrected chi connectivity index (χ4v) is 2.01. The number of carbonyl (C=O) groups excluding carboxylic acids is 2. The lowest BCUT2D eigenvalue weighted by atomic mass is 10.1. The SMILES string of the molecule is NC(=O)C/C(=N\Oc1cccc(NC(=O)OCCO)c1)c1ccccc1. The molecule has 0 aliphatic carbocycles. The average Bonchev–Trinajstić information content (AvgIpc) is 2.64. The van der Waals surface area contributed by atoms with Crippen molar-refractivity contribution in [3.05, 3.63) is 60.2 Å². The maximum Gasteiger partial charge on any atom is 0.411 e. The molecule has 0 unspecified atom stereocenters. The van der Waals surface area contributed by atoms with Gasteiger partial charge in [0.15, 0.2) is 5.75 Å². The van der Waals surface area contributed by atoms with E-state index in [1.165, 1.54) is 6.07 Å². The van der Waals surface area contributed by atoms with E-state index in [1.54, 1.807) is 30.3 Å². The molecule has 2 aromatic carbocycles. The van der Waals surface area contributed by atoms with Crippen molar-refractivity contribution in [2.45, 2.75) is 6.42 Å². The van der Waals surface area contributed by atoms with Crippen LogP contribution in [0.5, 0.6) is 5.75 Å². The molecule has 8 heteroatoms. The number of ether oxygens (including phenoxy) is 1. The van der Waals surface area contributed by atoms with Gasteiger partial charge in [0.05, 0.1) is 18.7 Å². The second-order valence-electron chi connectivity index (χ2n) is 5.15. The summed E-state index contributed by atoms with van der Waals surface area (Å²) in [6.07, 6.45) is -0.770. The third kappa shape index (κ3) is 6.25. The predicted molar refractivity (Wildman–Crippen MR) is 95.9 cm³/mol. The highest BCUT2D eigenvalue weighted by Crippen LogP contribution is 2.18. The number of aliphatic hydroxyl groups is 1. The molecule has 2 rings (SSSR count). The third-order valence-electron chi connectivity index (χ3n) is 3.11. The fraction of sp³-hybridized carbons (Fsp3) is 0.167. The molecule has 0 saturated carbocycles. The highest BCUT2D eigenvalue weighted by atomic mass is 16.6. The van der Waals surface area contributed by atoms with Crippen LogP contribution in [0.4, 0.5) is 10.5 Å². The van der Waals surface area contributed by atoms with Gasteiger partial charge in [0, 0.05) is 11.8 Å². The summed E-state index contributed by atoms with van der Waals surface area (Å²) in [5.41, 5.74) is 6.80. The van der Waals surface area contributed by atoms with E-state index < -0.39 is 12.0 Å². The molecule has 0 bridgehead atoms. The van der Waals surface area contributed by atoms with Gasteiger partial charge in [-0.1, -0.05) is 41.6 Å². The molecule has 0 heterocycles. The zero-order valence-electron chi connectivity index (χ0n) is 13.9. The number of oxime groups is 1. The van der Waals surface area contributed by atoms with Crippen LogP contribution in [0, 0.1) is 0 Å². The molecule has 2 aromatic rings. The van der Waals surface area contributed by atoms with Gasteiger partial charge in [-0.05, 0) is 17.7 Å². The summed E-state index contributed by atoms with van der Waals surface area (Å²) in [4.78, 5) is 28.1. The van der Waals surface area contributed by atoms with Crippen LogP contribution >= 0.6 is 0 Å². The minimum atomic E-state index is -0.696. The van der Waals surface area contributed by atoms with E-state index in [0.717, 1.165) is 0 Å². The molecule has 0 atom stereocenters. The Labute approximate surface area is 150 Å². The topological polar surface area (TPSA) is 123 Å². The summed E-state index contributed by atoms with van der Waals surface area (Å²) < 4.78 is 4.71. The Balaban J connectivity index is 2.10. The Morgan fingerprint density at radius 3 is 2.58 bits per heavy atom. The monoisotopic (exact) mass is 357 g/mol. The zero-order chi connectivity index (χ0) is 18.8. The van der Waals surface area contributed by atoms with Gasteiger partial charge in [0.2, 0.25) is 5.91 Å². The van der Waals surface area contributed by atoms with Crippen molar-refractivity contribution >= 4 is 23.4 Å². The number of anilines is 1. The first kappa shape index (κ1) is 18.9. The van der Waals surface area contributed by atoms with Crippen LogP contribution in [-0.2, 0) is 9.53 Å². The van der Waals surface area contributed by atoms with E-state index in [9.17, 15) is 9.59 Å². The van der Waals surface area contributed by atoms with Gasteiger partial charge < -0.3 is 20.4 Å². The summed E-state index contributed by atoms with van der Waals surface area (Å²) in [5.74, 6) is -0.180. The smallest absolute Gasteiger partial charge is 0.411 e. The maximum absolute atomic E-state index is 11.5. The lowest BCUT2D eigenvalue weighted by Crippen LogP contribution is -2.17. The normalized spacial score (nSPS) is 10.9. The summed E-state index contributed by atoms with van der Waals surface area (Å²) in [5, 5.41) is 15.1. The van der Waals surface area contributed by atoms with E-state index >= 15 is 0 Å². The molecular weight excluding hydrogens is 338 g/mol. The molecule has 0 fully saturated rings. The van der Waals surface area contributed by atoms with Crippen molar-refractivity contribution in [1.82, 2.24) is 0 Å². The van der Waals surface area contributed by atoms with Gasteiger partial charge in [-0.15, -0.1) is 0 Å². The number of nitrogens with two attached hydrogens (primary N) is 1. The van der Waals surface area contributed by atoms with Crippen molar-refractivity contribution < 1.29 is 24.3 Å². The summed E-state index contributed by atoms with van der Waals surface area (Å²) in [6, 6.07) is 15.5. The van der Waals surface area contributed by atoms with Crippen molar-refractivity contribution in [1.29, 1.82) is 0 Å². The Bertz CT molecular complexity index is 777. The minimum Gasteiger partial charge on any atom is -0.447 e. The Morgan fingerprint density at radius 1 is 1.12 bits per heavy atom. The number of rotatable bonds is 8. The number of hydrogen-bond acceptors (Lipinski definition) is 6. The summed E-state index contributed by atoms with van der Waals surface area (Å²) in [7, 11) is 0. The molecule has 26 heavy (non-hydrogen) atoms. The third-order valence-corrected chi connectivity index (χ3v) is 3.11. The summed E-state index contributed by atoms with van der Waals surface area (Å²) >= 11 is 0. The first-order valence-electron chi connectivity index (χ1n) is 7.81. The van der Waals surface area contributed by atoms with Gasteiger partial charge in [0.25, 0.3) is 0 Å². The molecule has 0 aliphatic rings. The molecule has 0 radical (unpaired) electrons. The van der Waals surface area contributed by atoms with Gasteiger partial charge in [-0.25, -0.2) is 4.79 Å². The maximum atomic E-state index is 11.5. The van der Waals surface area contributed by atoms with Gasteiger partial charge >= 0.3 is 6.09 Å². The van der Waals surface area contributed by atoms with Crippen LogP contribution in [0.1, 0.15) is 12.0 Å². The zero-order valence-corrected chi connectivity index (χ0v) is 13.9. The molecule has 0 aromatic heterocycles. The Hall–Kier alpha value is -3.39. The first-order valence-corrected chi connectivity index (χ1v) is 7.81. The van der Waals surface area contributed by atoms with Crippen molar-refractivity contribution in [2.24, 2.45) is 10.9 Å². The Morgan fingerprint density at radius 2 is 1.88 bits per heavy atom. The van der Waals surface area contributed by atoms with Crippen LogP contribution in [-0.4, -0.2) is 36.0 Å².